The second-order valence-corrected chi connectivity index (χ2v) is 7.61. The summed E-state index contributed by atoms with van der Waals surface area (Å²) in [5.74, 6) is 0. The molecule has 0 heterocycles. The average Bonchev–Trinajstić information content (AvgIpc) is 1.88. The SMILES string of the molecule is CCCC(Br)C(Cl)(Br)C(Cl)Br. The Morgan fingerprint density at radius 3 is 2.18 bits per heavy atom. The molecule has 0 spiro atoms. The summed E-state index contributed by atoms with van der Waals surface area (Å²) in [6.07, 6.45) is 2.07. The van der Waals surface area contributed by atoms with Crippen molar-refractivity contribution < 1.29 is 0 Å². The van der Waals surface area contributed by atoms with Gasteiger partial charge in [0, 0.05) is 4.83 Å². The molecule has 0 bridgehead atoms. The smallest absolute Gasteiger partial charge is 0.108 e. The van der Waals surface area contributed by atoms with Crippen LogP contribution in [0, 0.1) is 0 Å². The van der Waals surface area contributed by atoms with Crippen LogP contribution in [-0.2, 0) is 0 Å². The zero-order chi connectivity index (χ0) is 9.07. The molecule has 0 aromatic rings. The van der Waals surface area contributed by atoms with E-state index in [0.717, 1.165) is 12.8 Å². The van der Waals surface area contributed by atoms with Gasteiger partial charge in [-0.15, -0.1) is 23.2 Å². The molecule has 0 fully saturated rings. The Hall–Kier alpha value is 2.02. The van der Waals surface area contributed by atoms with Gasteiger partial charge in [0.1, 0.15) is 8.07 Å². The van der Waals surface area contributed by atoms with E-state index in [1.54, 1.807) is 0 Å². The molecule has 0 rings (SSSR count). The van der Waals surface area contributed by atoms with Gasteiger partial charge in [0.2, 0.25) is 0 Å². The van der Waals surface area contributed by atoms with E-state index >= 15 is 0 Å². The lowest BCUT2D eigenvalue weighted by Crippen LogP contribution is -2.31. The molecule has 5 heteroatoms. The maximum Gasteiger partial charge on any atom is 0.138 e. The van der Waals surface area contributed by atoms with Crippen molar-refractivity contribution >= 4 is 71.0 Å². The van der Waals surface area contributed by atoms with E-state index < -0.39 is 3.78 Å². The summed E-state index contributed by atoms with van der Waals surface area (Å²) in [6.45, 7) is 2.10. The second kappa shape index (κ2) is 5.69. The van der Waals surface area contributed by atoms with E-state index in [9.17, 15) is 0 Å². The molecule has 3 atom stereocenters. The third-order valence-corrected chi connectivity index (χ3v) is 7.12. The molecule has 3 unspecified atom stereocenters. The summed E-state index contributed by atoms with van der Waals surface area (Å²) in [6, 6.07) is 0. The molecule has 0 aromatic heterocycles. The van der Waals surface area contributed by atoms with E-state index in [-0.39, 0.29) is 9.11 Å². The lowest BCUT2D eigenvalue weighted by atomic mass is 10.2. The minimum Gasteiger partial charge on any atom is -0.108 e. The Bertz CT molecular complexity index is 116. The standard InChI is InChI=1S/C6H9Br3Cl2/c1-2-3-4(7)6(9,11)5(8)10/h4-5H,2-3H2,1H3. The minimum absolute atomic E-state index is 0.170. The van der Waals surface area contributed by atoms with Crippen LogP contribution in [0.4, 0.5) is 0 Å². The van der Waals surface area contributed by atoms with Gasteiger partial charge in [-0.1, -0.05) is 61.1 Å². The van der Waals surface area contributed by atoms with Gasteiger partial charge < -0.3 is 0 Å². The molecule has 11 heavy (non-hydrogen) atoms. The van der Waals surface area contributed by atoms with E-state index in [1.165, 1.54) is 0 Å². The zero-order valence-corrected chi connectivity index (χ0v) is 12.2. The van der Waals surface area contributed by atoms with Gasteiger partial charge in [0.15, 0.2) is 0 Å². The van der Waals surface area contributed by atoms with Crippen LogP contribution in [0.2, 0.25) is 0 Å². The summed E-state index contributed by atoms with van der Waals surface area (Å²) in [5.41, 5.74) is 0. The zero-order valence-electron chi connectivity index (χ0n) is 5.96. The molecule has 0 aliphatic carbocycles. The third kappa shape index (κ3) is 4.17. The topological polar surface area (TPSA) is 0 Å². The van der Waals surface area contributed by atoms with E-state index in [4.69, 9.17) is 23.2 Å². The van der Waals surface area contributed by atoms with Gasteiger partial charge >= 0.3 is 0 Å². The van der Waals surface area contributed by atoms with Crippen molar-refractivity contribution in [1.82, 2.24) is 0 Å². The Balaban J connectivity index is 4.05. The Morgan fingerprint density at radius 2 is 1.91 bits per heavy atom. The summed E-state index contributed by atoms with van der Waals surface area (Å²) in [4.78, 5) is 0.170. The largest absolute Gasteiger partial charge is 0.138 e. The van der Waals surface area contributed by atoms with Gasteiger partial charge in [0.25, 0.3) is 0 Å². The molecular formula is C6H9Br3Cl2. The summed E-state index contributed by atoms with van der Waals surface area (Å²) >= 11 is 21.9. The maximum absolute atomic E-state index is 6.09. The van der Waals surface area contributed by atoms with Crippen LogP contribution in [0.1, 0.15) is 19.8 Å². The average molecular weight is 392 g/mol. The van der Waals surface area contributed by atoms with Gasteiger partial charge in [-0.25, -0.2) is 0 Å². The molecule has 68 valence electrons. The van der Waals surface area contributed by atoms with Gasteiger partial charge in [-0.05, 0) is 6.42 Å². The van der Waals surface area contributed by atoms with E-state index in [0.29, 0.717) is 0 Å². The first-order chi connectivity index (χ1) is 4.92. The van der Waals surface area contributed by atoms with Crippen LogP contribution in [0.15, 0.2) is 0 Å². The quantitative estimate of drug-likeness (QED) is 0.602. The monoisotopic (exact) mass is 388 g/mol. The lowest BCUT2D eigenvalue weighted by Gasteiger charge is -2.26. The highest BCUT2D eigenvalue weighted by molar-refractivity contribution is 9.14. The van der Waals surface area contributed by atoms with Gasteiger partial charge in [0.05, 0.1) is 0 Å². The van der Waals surface area contributed by atoms with Crippen molar-refractivity contribution in [2.75, 3.05) is 0 Å². The molecule has 0 aromatic carbocycles. The van der Waals surface area contributed by atoms with Crippen molar-refractivity contribution in [3.05, 3.63) is 0 Å². The molecule has 0 nitrogen and oxygen atoms in total. The molecule has 0 amide bonds. The minimum atomic E-state index is -0.607. The van der Waals surface area contributed by atoms with Crippen molar-refractivity contribution in [3.63, 3.8) is 0 Å². The number of hydrogen-bond acceptors (Lipinski definition) is 0. The fourth-order valence-electron chi connectivity index (χ4n) is 0.583. The fraction of sp³-hybridized carbons (Fsp3) is 1.00. The van der Waals surface area contributed by atoms with Gasteiger partial charge in [-0.3, -0.25) is 0 Å². The summed E-state index contributed by atoms with van der Waals surface area (Å²) < 4.78 is -0.891. The molecule has 0 saturated carbocycles. The van der Waals surface area contributed by atoms with E-state index in [1.807, 2.05) is 0 Å². The molecule has 0 aliphatic rings. The molecule has 0 N–H and O–H groups in total. The molecular weight excluding hydrogens is 383 g/mol. The molecule has 0 aliphatic heterocycles. The summed E-state index contributed by atoms with van der Waals surface area (Å²) in [5, 5.41) is 0. The predicted octanol–water partition coefficient (Wildman–Crippen LogP) is 4.84. The van der Waals surface area contributed by atoms with Crippen molar-refractivity contribution in [2.45, 2.75) is 32.7 Å². The van der Waals surface area contributed by atoms with E-state index in [2.05, 4.69) is 54.7 Å². The predicted molar refractivity (Wildman–Crippen MR) is 63.7 cm³/mol. The highest BCUT2D eigenvalue weighted by Crippen LogP contribution is 2.43. The molecule has 0 saturated heterocycles. The Morgan fingerprint density at radius 1 is 1.45 bits per heavy atom. The highest BCUT2D eigenvalue weighted by atomic mass is 79.9. The van der Waals surface area contributed by atoms with Crippen molar-refractivity contribution in [3.8, 4) is 0 Å². The van der Waals surface area contributed by atoms with Crippen LogP contribution >= 0.6 is 71.0 Å². The first-order valence-corrected chi connectivity index (χ1v) is 6.66. The number of halogens is 5. The first-order valence-electron chi connectivity index (χ1n) is 3.23. The number of hydrogen-bond donors (Lipinski definition) is 0. The lowest BCUT2D eigenvalue weighted by molar-refractivity contribution is 0.708. The van der Waals surface area contributed by atoms with Crippen LogP contribution in [0.5, 0.6) is 0 Å². The fourth-order valence-corrected chi connectivity index (χ4v) is 2.62. The van der Waals surface area contributed by atoms with Crippen molar-refractivity contribution in [2.24, 2.45) is 0 Å². The Kier molecular flexibility index (Phi) is 6.73. The summed E-state index contributed by atoms with van der Waals surface area (Å²) in [7, 11) is 0. The van der Waals surface area contributed by atoms with Gasteiger partial charge in [-0.2, -0.15) is 0 Å². The molecule has 0 radical (unpaired) electrons. The number of alkyl halides is 5. The Labute approximate surface area is 103 Å². The van der Waals surface area contributed by atoms with Crippen LogP contribution in [0.25, 0.3) is 0 Å². The van der Waals surface area contributed by atoms with Crippen molar-refractivity contribution in [1.29, 1.82) is 0 Å². The first kappa shape index (κ1) is 13.0. The normalized spacial score (nSPS) is 22.4. The van der Waals surface area contributed by atoms with Crippen LogP contribution in [-0.4, -0.2) is 12.9 Å². The highest BCUT2D eigenvalue weighted by Gasteiger charge is 2.37. The number of rotatable bonds is 4. The van der Waals surface area contributed by atoms with Crippen LogP contribution < -0.4 is 0 Å². The second-order valence-electron chi connectivity index (χ2n) is 2.23. The van der Waals surface area contributed by atoms with Crippen LogP contribution in [0.3, 0.4) is 0 Å². The third-order valence-electron chi connectivity index (χ3n) is 1.25. The maximum atomic E-state index is 6.09.